The molecule has 2 aromatic rings. The molecule has 9 heteroatoms. The molecule has 2 aliphatic rings. The lowest BCUT2D eigenvalue weighted by Gasteiger charge is -2.31. The van der Waals surface area contributed by atoms with Gasteiger partial charge < -0.3 is 19.7 Å². The van der Waals surface area contributed by atoms with Gasteiger partial charge in [0.1, 0.15) is 12.3 Å². The molecule has 1 fully saturated rings. The normalized spacial score (nSPS) is 17.9. The Hall–Kier alpha value is -3.43. The molecule has 38 heavy (non-hydrogen) atoms. The van der Waals surface area contributed by atoms with Crippen molar-refractivity contribution in [3.05, 3.63) is 65.2 Å². The summed E-state index contributed by atoms with van der Waals surface area (Å²) < 4.78 is 10.8. The van der Waals surface area contributed by atoms with Gasteiger partial charge in [-0.1, -0.05) is 42.0 Å². The molecule has 1 atom stereocenters. The number of urea groups is 1. The van der Waals surface area contributed by atoms with E-state index in [4.69, 9.17) is 14.6 Å². The Labute approximate surface area is 225 Å². The van der Waals surface area contributed by atoms with Gasteiger partial charge in [-0.05, 0) is 38.5 Å². The number of carbonyl (C=O) groups excluding carboxylic acids is 2. The average Bonchev–Trinajstić information content (AvgIpc) is 3.37. The SMILES string of the molecule is COc1cccc(C2=NN(C(=O)CN(CCN3CCOCC3)C(=O)NC(C)C)[C@H](c3ccc(C)cc3)C2)c1. The maximum atomic E-state index is 13.8. The lowest BCUT2D eigenvalue weighted by molar-refractivity contribution is -0.133. The van der Waals surface area contributed by atoms with Crippen molar-refractivity contribution in [2.24, 2.45) is 5.10 Å². The molecule has 0 aromatic heterocycles. The molecule has 1 N–H and O–H groups in total. The lowest BCUT2D eigenvalue weighted by Crippen LogP contribution is -2.50. The van der Waals surface area contributed by atoms with Gasteiger partial charge in [-0.25, -0.2) is 9.80 Å². The van der Waals surface area contributed by atoms with E-state index < -0.39 is 0 Å². The van der Waals surface area contributed by atoms with Crippen LogP contribution in [0.3, 0.4) is 0 Å². The van der Waals surface area contributed by atoms with Gasteiger partial charge in [0, 0.05) is 44.2 Å². The molecule has 0 radical (unpaired) electrons. The predicted octanol–water partition coefficient (Wildman–Crippen LogP) is 3.43. The lowest BCUT2D eigenvalue weighted by atomic mass is 9.97. The summed E-state index contributed by atoms with van der Waals surface area (Å²) >= 11 is 0. The minimum absolute atomic E-state index is 0.0340. The Balaban J connectivity index is 1.57. The molecule has 0 spiro atoms. The highest BCUT2D eigenvalue weighted by Gasteiger charge is 2.34. The van der Waals surface area contributed by atoms with Crippen molar-refractivity contribution in [1.29, 1.82) is 0 Å². The number of aryl methyl sites for hydroxylation is 1. The Bertz CT molecular complexity index is 1130. The number of ether oxygens (including phenoxy) is 2. The highest BCUT2D eigenvalue weighted by Crippen LogP contribution is 2.33. The van der Waals surface area contributed by atoms with Crippen LogP contribution in [-0.4, -0.2) is 91.5 Å². The van der Waals surface area contributed by atoms with E-state index in [9.17, 15) is 9.59 Å². The van der Waals surface area contributed by atoms with Gasteiger partial charge in [-0.15, -0.1) is 0 Å². The van der Waals surface area contributed by atoms with Crippen LogP contribution in [-0.2, 0) is 9.53 Å². The first-order valence-electron chi connectivity index (χ1n) is 13.3. The number of hydrazone groups is 1. The molecule has 2 aliphatic heterocycles. The van der Waals surface area contributed by atoms with E-state index in [0.29, 0.717) is 32.7 Å². The molecule has 0 bridgehead atoms. The summed E-state index contributed by atoms with van der Waals surface area (Å²) in [4.78, 5) is 30.7. The maximum absolute atomic E-state index is 13.8. The van der Waals surface area contributed by atoms with Crippen LogP contribution in [0.25, 0.3) is 0 Å². The second kappa shape index (κ2) is 12.9. The molecule has 9 nitrogen and oxygen atoms in total. The summed E-state index contributed by atoms with van der Waals surface area (Å²) in [5, 5.41) is 9.30. The van der Waals surface area contributed by atoms with Crippen molar-refractivity contribution in [1.82, 2.24) is 20.1 Å². The number of carbonyl (C=O) groups is 2. The summed E-state index contributed by atoms with van der Waals surface area (Å²) in [5.74, 6) is 0.524. The molecule has 0 aliphatic carbocycles. The molecule has 204 valence electrons. The molecule has 0 saturated carbocycles. The third kappa shape index (κ3) is 7.11. The molecule has 0 unspecified atom stereocenters. The van der Waals surface area contributed by atoms with Crippen LogP contribution in [0.5, 0.6) is 5.75 Å². The number of amides is 3. The minimum Gasteiger partial charge on any atom is -0.497 e. The van der Waals surface area contributed by atoms with Crippen LogP contribution in [0, 0.1) is 6.92 Å². The van der Waals surface area contributed by atoms with Gasteiger partial charge >= 0.3 is 6.03 Å². The zero-order chi connectivity index (χ0) is 27.1. The Morgan fingerprint density at radius 1 is 1.16 bits per heavy atom. The standard InChI is InChI=1S/C29H39N5O4/c1-21(2)30-29(36)33(13-12-32-14-16-38-17-15-32)20-28(35)34-27(23-10-8-22(3)9-11-23)19-26(31-34)24-6-5-7-25(18-24)37-4/h5-11,18,21,27H,12-17,19-20H2,1-4H3,(H,30,36)/t27-/m0/s1. The third-order valence-corrected chi connectivity index (χ3v) is 6.85. The third-order valence-electron chi connectivity index (χ3n) is 6.85. The van der Waals surface area contributed by atoms with Gasteiger partial charge in [0.25, 0.3) is 5.91 Å². The van der Waals surface area contributed by atoms with E-state index in [2.05, 4.69) is 10.2 Å². The van der Waals surface area contributed by atoms with Gasteiger partial charge in [0.2, 0.25) is 0 Å². The summed E-state index contributed by atoms with van der Waals surface area (Å²) in [6, 6.07) is 15.4. The van der Waals surface area contributed by atoms with E-state index in [0.717, 1.165) is 41.2 Å². The van der Waals surface area contributed by atoms with E-state index in [1.807, 2.05) is 69.3 Å². The summed E-state index contributed by atoms with van der Waals surface area (Å²) in [6.07, 6.45) is 0.577. The zero-order valence-corrected chi connectivity index (χ0v) is 22.9. The summed E-state index contributed by atoms with van der Waals surface area (Å²) in [6.45, 7) is 9.96. The second-order valence-electron chi connectivity index (χ2n) is 10.1. The highest BCUT2D eigenvalue weighted by molar-refractivity contribution is 6.03. The van der Waals surface area contributed by atoms with Crippen LogP contribution in [0.1, 0.15) is 43.0 Å². The molecule has 4 rings (SSSR count). The number of morpholine rings is 1. The zero-order valence-electron chi connectivity index (χ0n) is 22.9. The fourth-order valence-electron chi connectivity index (χ4n) is 4.68. The van der Waals surface area contributed by atoms with E-state index in [1.54, 1.807) is 17.0 Å². The van der Waals surface area contributed by atoms with Crippen molar-refractivity contribution in [2.75, 3.05) is 53.0 Å². The largest absolute Gasteiger partial charge is 0.497 e. The fraction of sp³-hybridized carbons (Fsp3) is 0.483. The van der Waals surface area contributed by atoms with Crippen molar-refractivity contribution < 1.29 is 19.1 Å². The van der Waals surface area contributed by atoms with Crippen LogP contribution in [0.4, 0.5) is 4.79 Å². The number of methoxy groups -OCH3 is 1. The first-order chi connectivity index (χ1) is 18.3. The first-order valence-corrected chi connectivity index (χ1v) is 13.3. The van der Waals surface area contributed by atoms with Gasteiger partial charge in [0.15, 0.2) is 0 Å². The van der Waals surface area contributed by atoms with Crippen LogP contribution in [0.2, 0.25) is 0 Å². The number of rotatable bonds is 9. The number of hydrogen-bond donors (Lipinski definition) is 1. The number of nitrogens with zero attached hydrogens (tertiary/aromatic N) is 4. The van der Waals surface area contributed by atoms with E-state index in [-0.39, 0.29) is 30.6 Å². The topological polar surface area (TPSA) is 86.7 Å². The monoisotopic (exact) mass is 521 g/mol. The average molecular weight is 522 g/mol. The molecular formula is C29H39N5O4. The van der Waals surface area contributed by atoms with E-state index >= 15 is 0 Å². The van der Waals surface area contributed by atoms with E-state index in [1.165, 1.54) is 0 Å². The van der Waals surface area contributed by atoms with Crippen molar-refractivity contribution in [2.45, 2.75) is 39.3 Å². The van der Waals surface area contributed by atoms with Crippen molar-refractivity contribution in [3.8, 4) is 5.75 Å². The summed E-state index contributed by atoms with van der Waals surface area (Å²) in [5.41, 5.74) is 3.89. The molecule has 1 saturated heterocycles. The molecule has 3 amide bonds. The van der Waals surface area contributed by atoms with Crippen LogP contribution in [0.15, 0.2) is 53.6 Å². The van der Waals surface area contributed by atoms with Crippen LogP contribution >= 0.6 is 0 Å². The number of benzene rings is 2. The highest BCUT2D eigenvalue weighted by atomic mass is 16.5. The Kier molecular flexibility index (Phi) is 9.36. The Morgan fingerprint density at radius 3 is 2.58 bits per heavy atom. The molecule has 2 heterocycles. The molecule has 2 aromatic carbocycles. The predicted molar refractivity (Wildman–Crippen MR) is 147 cm³/mol. The van der Waals surface area contributed by atoms with Gasteiger partial charge in [-0.3, -0.25) is 9.69 Å². The fourth-order valence-corrected chi connectivity index (χ4v) is 4.68. The van der Waals surface area contributed by atoms with Gasteiger partial charge in [0.05, 0.1) is 32.1 Å². The second-order valence-corrected chi connectivity index (χ2v) is 10.1. The minimum atomic E-state index is -0.251. The first kappa shape index (κ1) is 27.6. The van der Waals surface area contributed by atoms with Gasteiger partial charge in [-0.2, -0.15) is 5.10 Å². The molecular weight excluding hydrogens is 482 g/mol. The van der Waals surface area contributed by atoms with Crippen molar-refractivity contribution >= 4 is 17.6 Å². The number of nitrogens with one attached hydrogen (secondary N) is 1. The maximum Gasteiger partial charge on any atom is 0.318 e. The van der Waals surface area contributed by atoms with Crippen molar-refractivity contribution in [3.63, 3.8) is 0 Å². The Morgan fingerprint density at radius 2 is 1.89 bits per heavy atom. The summed E-state index contributed by atoms with van der Waals surface area (Å²) in [7, 11) is 1.63. The van der Waals surface area contributed by atoms with Crippen LogP contribution < -0.4 is 10.1 Å². The number of hydrogen-bond acceptors (Lipinski definition) is 6. The smallest absolute Gasteiger partial charge is 0.318 e. The quantitative estimate of drug-likeness (QED) is 0.546.